The maximum Gasteiger partial charge on any atom is 0.180 e. The zero-order valence-corrected chi connectivity index (χ0v) is 17.0. The molecule has 2 aromatic heterocycles. The molecule has 0 atom stereocenters. The zero-order chi connectivity index (χ0) is 20.2. The standard InChI is InChI=1S/C22H22ClN6/c1-3-4-9-20-24-21(23)15(2)29(20)14-16-10-12-17(13-11-16)18-7-5-6-8-19(18)22-25-27-28-26-22/h5-8,10-13H,2-4,9,14H2,1H3,(H,25,26,27,28). The molecule has 0 bridgehead atoms. The van der Waals surface area contributed by atoms with Gasteiger partial charge in [-0.15, -0.1) is 5.10 Å². The van der Waals surface area contributed by atoms with Crippen molar-refractivity contribution < 1.29 is 0 Å². The summed E-state index contributed by atoms with van der Waals surface area (Å²) in [5, 5.41) is 14.7. The Labute approximate surface area is 175 Å². The molecule has 0 aliphatic rings. The lowest BCUT2D eigenvalue weighted by atomic mass is 9.98. The van der Waals surface area contributed by atoms with Crippen LogP contribution in [0.1, 0.15) is 36.8 Å². The van der Waals surface area contributed by atoms with Crippen LogP contribution in [0.2, 0.25) is 5.15 Å². The number of hydrogen-bond donors (Lipinski definition) is 1. The monoisotopic (exact) mass is 405 g/mol. The highest BCUT2D eigenvalue weighted by molar-refractivity contribution is 6.30. The van der Waals surface area contributed by atoms with Crippen molar-refractivity contribution in [1.82, 2.24) is 30.2 Å². The molecule has 0 saturated heterocycles. The van der Waals surface area contributed by atoms with Crippen molar-refractivity contribution in [1.29, 1.82) is 0 Å². The lowest BCUT2D eigenvalue weighted by Crippen LogP contribution is -2.07. The Hall–Kier alpha value is -2.99. The van der Waals surface area contributed by atoms with Crippen LogP contribution in [0.25, 0.3) is 22.5 Å². The molecule has 2 heterocycles. The molecule has 0 saturated carbocycles. The number of unbranched alkanes of at least 4 members (excludes halogenated alkanes) is 1. The number of aryl methyl sites for hydroxylation is 1. The average Bonchev–Trinajstić information content (AvgIpc) is 3.37. The lowest BCUT2D eigenvalue weighted by Gasteiger charge is -2.12. The van der Waals surface area contributed by atoms with Gasteiger partial charge in [-0.05, 0) is 40.5 Å². The van der Waals surface area contributed by atoms with Gasteiger partial charge in [-0.3, -0.25) is 0 Å². The number of halogens is 1. The van der Waals surface area contributed by atoms with Crippen molar-refractivity contribution in [2.24, 2.45) is 0 Å². The third-order valence-corrected chi connectivity index (χ3v) is 5.29. The molecule has 0 amide bonds. The predicted octanol–water partition coefficient (Wildman–Crippen LogP) is 4.96. The summed E-state index contributed by atoms with van der Waals surface area (Å²) in [5.74, 6) is 1.65. The minimum atomic E-state index is 0.488. The molecule has 0 fully saturated rings. The maximum atomic E-state index is 6.24. The molecule has 0 spiro atoms. The van der Waals surface area contributed by atoms with Crippen LogP contribution < -0.4 is 0 Å². The highest BCUT2D eigenvalue weighted by Gasteiger charge is 2.13. The second-order valence-electron chi connectivity index (χ2n) is 6.95. The molecular weight excluding hydrogens is 384 g/mol. The minimum absolute atomic E-state index is 0.488. The Morgan fingerprint density at radius 1 is 1.07 bits per heavy atom. The summed E-state index contributed by atoms with van der Waals surface area (Å²) in [6.07, 6.45) is 3.10. The van der Waals surface area contributed by atoms with E-state index in [1.165, 1.54) is 5.56 Å². The molecule has 0 aliphatic heterocycles. The van der Waals surface area contributed by atoms with Crippen molar-refractivity contribution in [2.75, 3.05) is 0 Å². The largest absolute Gasteiger partial charge is 0.326 e. The maximum absolute atomic E-state index is 6.24. The van der Waals surface area contributed by atoms with Crippen LogP contribution in [0.4, 0.5) is 0 Å². The zero-order valence-electron chi connectivity index (χ0n) is 16.3. The Balaban J connectivity index is 1.61. The van der Waals surface area contributed by atoms with E-state index in [0.717, 1.165) is 47.5 Å². The molecule has 1 N–H and O–H groups in total. The Bertz CT molecular complexity index is 1080. The predicted molar refractivity (Wildman–Crippen MR) is 114 cm³/mol. The van der Waals surface area contributed by atoms with E-state index >= 15 is 0 Å². The molecule has 1 radical (unpaired) electrons. The third kappa shape index (κ3) is 4.07. The second-order valence-corrected chi connectivity index (χ2v) is 7.31. The van der Waals surface area contributed by atoms with E-state index in [4.69, 9.17) is 11.6 Å². The van der Waals surface area contributed by atoms with Gasteiger partial charge in [-0.1, -0.05) is 73.5 Å². The number of nitrogens with one attached hydrogen (secondary N) is 1. The quantitative estimate of drug-likeness (QED) is 0.471. The van der Waals surface area contributed by atoms with Gasteiger partial charge in [-0.2, -0.15) is 0 Å². The number of aromatic amines is 1. The van der Waals surface area contributed by atoms with Gasteiger partial charge in [0, 0.05) is 18.5 Å². The first-order valence-corrected chi connectivity index (χ1v) is 10.0. The van der Waals surface area contributed by atoms with Crippen molar-refractivity contribution in [3.63, 3.8) is 0 Å². The average molecular weight is 406 g/mol. The molecule has 29 heavy (non-hydrogen) atoms. The number of H-pyrrole nitrogens is 1. The van der Waals surface area contributed by atoms with Crippen LogP contribution in [-0.4, -0.2) is 30.2 Å². The second kappa shape index (κ2) is 8.57. The van der Waals surface area contributed by atoms with E-state index in [9.17, 15) is 0 Å². The molecule has 7 heteroatoms. The van der Waals surface area contributed by atoms with Crippen LogP contribution in [0, 0.1) is 6.92 Å². The number of imidazole rings is 1. The summed E-state index contributed by atoms with van der Waals surface area (Å²) in [7, 11) is 0. The van der Waals surface area contributed by atoms with Crippen LogP contribution in [0.5, 0.6) is 0 Å². The van der Waals surface area contributed by atoms with Crippen molar-refractivity contribution in [2.45, 2.75) is 32.7 Å². The SMILES string of the molecule is [CH2]c1c(Cl)nc(CCCC)n1Cc1ccc(-c2ccccc2-c2nnn[nH]2)cc1. The Kier molecular flexibility index (Phi) is 5.71. The summed E-state index contributed by atoms with van der Waals surface area (Å²) in [6, 6.07) is 16.6. The van der Waals surface area contributed by atoms with Gasteiger partial charge in [0.25, 0.3) is 0 Å². The van der Waals surface area contributed by atoms with Gasteiger partial charge in [-0.25, -0.2) is 10.1 Å². The smallest absolute Gasteiger partial charge is 0.180 e. The normalized spacial score (nSPS) is 11.1. The first-order chi connectivity index (χ1) is 14.2. The number of hydrogen-bond acceptors (Lipinski definition) is 4. The van der Waals surface area contributed by atoms with E-state index in [-0.39, 0.29) is 0 Å². The summed E-state index contributed by atoms with van der Waals surface area (Å²) >= 11 is 6.24. The summed E-state index contributed by atoms with van der Waals surface area (Å²) in [4.78, 5) is 4.49. The van der Waals surface area contributed by atoms with Gasteiger partial charge in [0.15, 0.2) is 11.0 Å². The van der Waals surface area contributed by atoms with E-state index < -0.39 is 0 Å². The number of nitrogens with zero attached hydrogens (tertiary/aromatic N) is 5. The molecular formula is C22H22ClN6. The lowest BCUT2D eigenvalue weighted by molar-refractivity contribution is 0.672. The molecule has 6 nitrogen and oxygen atoms in total. The van der Waals surface area contributed by atoms with Crippen LogP contribution in [0.3, 0.4) is 0 Å². The Morgan fingerprint density at radius 2 is 1.83 bits per heavy atom. The third-order valence-electron chi connectivity index (χ3n) is 4.99. The first-order valence-electron chi connectivity index (χ1n) is 9.66. The van der Waals surface area contributed by atoms with Crippen LogP contribution >= 0.6 is 11.6 Å². The van der Waals surface area contributed by atoms with E-state index in [1.54, 1.807) is 0 Å². The van der Waals surface area contributed by atoms with Crippen LogP contribution in [0.15, 0.2) is 48.5 Å². The van der Waals surface area contributed by atoms with Crippen molar-refractivity contribution >= 4 is 11.6 Å². The summed E-state index contributed by atoms with van der Waals surface area (Å²) < 4.78 is 2.11. The van der Waals surface area contributed by atoms with Gasteiger partial charge in [0.2, 0.25) is 0 Å². The molecule has 0 unspecified atom stereocenters. The first kappa shape index (κ1) is 19.3. The molecule has 147 valence electrons. The molecule has 4 rings (SSSR count). The number of aromatic nitrogens is 6. The number of rotatable bonds is 7. The molecule has 4 aromatic rings. The highest BCUT2D eigenvalue weighted by atomic mass is 35.5. The topological polar surface area (TPSA) is 72.3 Å². The fourth-order valence-corrected chi connectivity index (χ4v) is 3.60. The fraction of sp³-hybridized carbons (Fsp3) is 0.227. The molecule has 0 aliphatic carbocycles. The summed E-state index contributed by atoms with van der Waals surface area (Å²) in [6.45, 7) is 6.97. The van der Waals surface area contributed by atoms with Gasteiger partial charge in [0.1, 0.15) is 5.82 Å². The van der Waals surface area contributed by atoms with Crippen molar-refractivity contribution in [3.8, 4) is 22.5 Å². The van der Waals surface area contributed by atoms with Gasteiger partial charge >= 0.3 is 0 Å². The van der Waals surface area contributed by atoms with E-state index in [0.29, 0.717) is 17.5 Å². The number of tetrazole rings is 1. The van der Waals surface area contributed by atoms with Crippen molar-refractivity contribution in [3.05, 3.63) is 77.7 Å². The van der Waals surface area contributed by atoms with Gasteiger partial charge in [0.05, 0.1) is 5.69 Å². The number of benzene rings is 2. The molecule has 2 aromatic carbocycles. The van der Waals surface area contributed by atoms with Crippen LogP contribution in [-0.2, 0) is 13.0 Å². The fourth-order valence-electron chi connectivity index (χ4n) is 3.40. The van der Waals surface area contributed by atoms with E-state index in [2.05, 4.69) is 74.4 Å². The summed E-state index contributed by atoms with van der Waals surface area (Å²) in [5.41, 5.74) is 5.08. The Morgan fingerprint density at radius 3 is 2.52 bits per heavy atom. The minimum Gasteiger partial charge on any atom is -0.326 e. The highest BCUT2D eigenvalue weighted by Crippen LogP contribution is 2.30. The van der Waals surface area contributed by atoms with Gasteiger partial charge < -0.3 is 4.57 Å². The van der Waals surface area contributed by atoms with E-state index in [1.807, 2.05) is 18.2 Å².